The second-order valence-electron chi connectivity index (χ2n) is 6.22. The second-order valence-corrected chi connectivity index (χ2v) is 8.36. The van der Waals surface area contributed by atoms with Gasteiger partial charge in [-0.2, -0.15) is 0 Å². The van der Waals surface area contributed by atoms with Crippen LogP contribution in [-0.4, -0.2) is 10.9 Å². The highest BCUT2D eigenvalue weighted by molar-refractivity contribution is 7.22. The lowest BCUT2D eigenvalue weighted by Crippen LogP contribution is -2.09. The number of carbonyl (C=O) groups is 1. The van der Waals surface area contributed by atoms with Gasteiger partial charge in [-0.1, -0.05) is 19.1 Å². The number of amides is 1. The van der Waals surface area contributed by atoms with Crippen molar-refractivity contribution in [3.8, 4) is 10.6 Å². The van der Waals surface area contributed by atoms with E-state index in [1.165, 1.54) is 21.6 Å². The molecule has 2 heterocycles. The van der Waals surface area contributed by atoms with E-state index in [-0.39, 0.29) is 5.91 Å². The molecule has 1 amide bonds. The van der Waals surface area contributed by atoms with Gasteiger partial charge in [0.15, 0.2) is 0 Å². The first kappa shape index (κ1) is 14.8. The summed E-state index contributed by atoms with van der Waals surface area (Å²) in [5.74, 6) is 0.702. The minimum absolute atomic E-state index is 0.0148. The van der Waals surface area contributed by atoms with Crippen LogP contribution < -0.4 is 5.32 Å². The fourth-order valence-electron chi connectivity index (χ4n) is 3.20. The second kappa shape index (κ2) is 5.73. The number of thiazole rings is 1. The third-order valence-corrected chi connectivity index (χ3v) is 6.53. The molecule has 1 aliphatic carbocycles. The molecule has 1 aromatic carbocycles. The normalized spacial score (nSPS) is 17.2. The Hall–Kier alpha value is -1.72. The van der Waals surface area contributed by atoms with Gasteiger partial charge >= 0.3 is 0 Å². The number of carbonyl (C=O) groups excluding carboxylic acids is 1. The molecule has 3 aromatic rings. The van der Waals surface area contributed by atoms with Crippen molar-refractivity contribution in [1.82, 2.24) is 4.98 Å². The van der Waals surface area contributed by atoms with Gasteiger partial charge in [-0.25, -0.2) is 4.98 Å². The maximum absolute atomic E-state index is 11.6. The summed E-state index contributed by atoms with van der Waals surface area (Å²) in [6, 6.07) is 8.22. The molecule has 0 fully saturated rings. The van der Waals surface area contributed by atoms with Crippen molar-refractivity contribution in [3.63, 3.8) is 0 Å². The summed E-state index contributed by atoms with van der Waals surface area (Å²) in [5, 5.41) is 5.03. The minimum atomic E-state index is -0.0148. The molecule has 1 aliphatic rings. The van der Waals surface area contributed by atoms with Crippen molar-refractivity contribution in [2.75, 3.05) is 5.32 Å². The van der Waals surface area contributed by atoms with Crippen molar-refractivity contribution < 1.29 is 4.79 Å². The van der Waals surface area contributed by atoms with Gasteiger partial charge in [-0.3, -0.25) is 4.79 Å². The van der Waals surface area contributed by atoms with Crippen LogP contribution in [0, 0.1) is 5.92 Å². The number of thiophene rings is 1. The molecule has 0 radical (unpaired) electrons. The first-order chi connectivity index (χ1) is 11.1. The maximum atomic E-state index is 11.6. The predicted molar refractivity (Wildman–Crippen MR) is 98.4 cm³/mol. The van der Waals surface area contributed by atoms with E-state index >= 15 is 0 Å². The number of rotatable bonds is 2. The molecule has 2 aromatic heterocycles. The number of fused-ring (bicyclic) bond motifs is 2. The average molecular weight is 342 g/mol. The molecule has 0 saturated carbocycles. The molecular formula is C18H18N2OS2. The van der Waals surface area contributed by atoms with Crippen molar-refractivity contribution in [1.29, 1.82) is 0 Å². The lowest BCUT2D eigenvalue weighted by Gasteiger charge is -2.18. The third-order valence-electron chi connectivity index (χ3n) is 4.31. The van der Waals surface area contributed by atoms with Crippen LogP contribution in [0.5, 0.6) is 0 Å². The van der Waals surface area contributed by atoms with Gasteiger partial charge in [0.1, 0.15) is 10.0 Å². The van der Waals surface area contributed by atoms with Gasteiger partial charge in [0, 0.05) is 17.4 Å². The van der Waals surface area contributed by atoms with Crippen LogP contribution in [0.2, 0.25) is 0 Å². The first-order valence-electron chi connectivity index (χ1n) is 7.90. The Balaban J connectivity index is 1.89. The highest BCUT2D eigenvalue weighted by Crippen LogP contribution is 2.46. The average Bonchev–Trinajstić information content (AvgIpc) is 3.06. The Morgan fingerprint density at radius 3 is 2.91 bits per heavy atom. The van der Waals surface area contributed by atoms with Crippen LogP contribution in [-0.2, 0) is 17.6 Å². The zero-order valence-corrected chi connectivity index (χ0v) is 14.8. The van der Waals surface area contributed by atoms with E-state index < -0.39 is 0 Å². The highest BCUT2D eigenvalue weighted by Gasteiger charge is 2.26. The van der Waals surface area contributed by atoms with Crippen molar-refractivity contribution in [2.45, 2.75) is 33.1 Å². The third kappa shape index (κ3) is 2.68. The SMILES string of the molecule is CC(=O)Nc1sc2c(c1-c1nc3ccccc3s1)CCC(C)C2. The summed E-state index contributed by atoms with van der Waals surface area (Å²) in [5.41, 5.74) is 3.59. The van der Waals surface area contributed by atoms with Gasteiger partial charge in [0.2, 0.25) is 5.91 Å². The van der Waals surface area contributed by atoms with Crippen LogP contribution >= 0.6 is 22.7 Å². The molecule has 4 rings (SSSR count). The Labute approximate surface area is 143 Å². The van der Waals surface area contributed by atoms with Gasteiger partial charge in [0.05, 0.1) is 10.2 Å². The van der Waals surface area contributed by atoms with Crippen molar-refractivity contribution >= 4 is 43.8 Å². The van der Waals surface area contributed by atoms with Crippen LogP contribution in [0.15, 0.2) is 24.3 Å². The summed E-state index contributed by atoms with van der Waals surface area (Å²) in [6.45, 7) is 3.88. The van der Waals surface area contributed by atoms with Crippen LogP contribution in [0.1, 0.15) is 30.7 Å². The predicted octanol–water partition coefficient (Wildman–Crippen LogP) is 5.11. The van der Waals surface area contributed by atoms with E-state index in [2.05, 4.69) is 18.3 Å². The quantitative estimate of drug-likeness (QED) is 0.703. The highest BCUT2D eigenvalue weighted by atomic mass is 32.1. The molecule has 1 N–H and O–H groups in total. The maximum Gasteiger partial charge on any atom is 0.221 e. The number of nitrogens with one attached hydrogen (secondary N) is 1. The topological polar surface area (TPSA) is 42.0 Å². The number of anilines is 1. The number of para-hydroxylation sites is 1. The molecule has 1 unspecified atom stereocenters. The lowest BCUT2D eigenvalue weighted by atomic mass is 9.88. The Morgan fingerprint density at radius 2 is 2.13 bits per heavy atom. The fraction of sp³-hybridized carbons (Fsp3) is 0.333. The van der Waals surface area contributed by atoms with Crippen molar-refractivity contribution in [2.24, 2.45) is 5.92 Å². The van der Waals surface area contributed by atoms with Gasteiger partial charge in [0.25, 0.3) is 0 Å². The number of nitrogens with zero attached hydrogens (tertiary/aromatic N) is 1. The van der Waals surface area contributed by atoms with E-state index in [9.17, 15) is 4.79 Å². The number of hydrogen-bond donors (Lipinski definition) is 1. The Kier molecular flexibility index (Phi) is 3.70. The molecule has 118 valence electrons. The van der Waals surface area contributed by atoms with E-state index in [4.69, 9.17) is 4.98 Å². The molecule has 23 heavy (non-hydrogen) atoms. The Morgan fingerprint density at radius 1 is 1.30 bits per heavy atom. The lowest BCUT2D eigenvalue weighted by molar-refractivity contribution is -0.114. The molecule has 5 heteroatoms. The molecule has 0 spiro atoms. The van der Waals surface area contributed by atoms with Gasteiger partial charge in [-0.15, -0.1) is 22.7 Å². The smallest absolute Gasteiger partial charge is 0.221 e. The van der Waals surface area contributed by atoms with Gasteiger partial charge < -0.3 is 5.32 Å². The summed E-state index contributed by atoms with van der Waals surface area (Å²) in [6.07, 6.45) is 3.40. The summed E-state index contributed by atoms with van der Waals surface area (Å²) < 4.78 is 1.19. The molecule has 0 saturated heterocycles. The standard InChI is InChI=1S/C18H18N2OS2/c1-10-7-8-12-15(9-10)23-17(19-11(2)21)16(12)18-20-13-5-3-4-6-14(13)22-18/h3-6,10H,7-9H2,1-2H3,(H,19,21). The van der Waals surface area contributed by atoms with Crippen LogP contribution in [0.3, 0.4) is 0 Å². The summed E-state index contributed by atoms with van der Waals surface area (Å²) in [4.78, 5) is 17.9. The molecule has 1 atom stereocenters. The van der Waals surface area contributed by atoms with E-state index in [1.807, 2.05) is 18.2 Å². The van der Waals surface area contributed by atoms with Crippen LogP contribution in [0.25, 0.3) is 20.8 Å². The zero-order valence-electron chi connectivity index (χ0n) is 13.2. The summed E-state index contributed by atoms with van der Waals surface area (Å²) >= 11 is 3.45. The molecule has 0 aliphatic heterocycles. The number of hydrogen-bond acceptors (Lipinski definition) is 4. The minimum Gasteiger partial charge on any atom is -0.317 e. The van der Waals surface area contributed by atoms with E-state index in [0.717, 1.165) is 39.8 Å². The van der Waals surface area contributed by atoms with Crippen LogP contribution in [0.4, 0.5) is 5.00 Å². The monoisotopic (exact) mass is 342 g/mol. The van der Waals surface area contributed by atoms with Crippen molar-refractivity contribution in [3.05, 3.63) is 34.7 Å². The van der Waals surface area contributed by atoms with E-state index in [0.29, 0.717) is 0 Å². The fourth-order valence-corrected chi connectivity index (χ4v) is 5.77. The molecule has 3 nitrogen and oxygen atoms in total. The largest absolute Gasteiger partial charge is 0.317 e. The molecule has 0 bridgehead atoms. The molecular weight excluding hydrogens is 324 g/mol. The number of aromatic nitrogens is 1. The first-order valence-corrected chi connectivity index (χ1v) is 9.53. The zero-order chi connectivity index (χ0) is 16.0. The summed E-state index contributed by atoms with van der Waals surface area (Å²) in [7, 11) is 0. The Bertz CT molecular complexity index is 861. The van der Waals surface area contributed by atoms with E-state index in [1.54, 1.807) is 29.6 Å². The van der Waals surface area contributed by atoms with Gasteiger partial charge in [-0.05, 0) is 42.9 Å². The number of benzene rings is 1.